The molecule has 1 unspecified atom stereocenters. The van der Waals surface area contributed by atoms with Crippen molar-refractivity contribution in [2.24, 2.45) is 5.73 Å². The van der Waals surface area contributed by atoms with E-state index in [1.807, 2.05) is 12.1 Å². The molecule has 1 aromatic rings. The number of ether oxygens (including phenoxy) is 1. The fraction of sp³-hybridized carbons (Fsp3) is 0.556. The van der Waals surface area contributed by atoms with E-state index < -0.39 is 0 Å². The van der Waals surface area contributed by atoms with Gasteiger partial charge >= 0.3 is 0 Å². The second kappa shape index (κ2) is 4.34. The molecular formula is C9H14N4O. The van der Waals surface area contributed by atoms with Gasteiger partial charge in [-0.25, -0.2) is 0 Å². The van der Waals surface area contributed by atoms with Gasteiger partial charge in [0.15, 0.2) is 5.82 Å². The molecule has 2 heterocycles. The van der Waals surface area contributed by atoms with E-state index >= 15 is 0 Å². The number of hydrogen-bond acceptors (Lipinski definition) is 5. The van der Waals surface area contributed by atoms with Crippen molar-refractivity contribution in [3.05, 3.63) is 18.3 Å². The third kappa shape index (κ3) is 1.83. The van der Waals surface area contributed by atoms with E-state index in [1.54, 1.807) is 6.20 Å². The summed E-state index contributed by atoms with van der Waals surface area (Å²) in [5.41, 5.74) is 5.66. The molecule has 5 heteroatoms. The summed E-state index contributed by atoms with van der Waals surface area (Å²) >= 11 is 0. The van der Waals surface area contributed by atoms with E-state index in [-0.39, 0.29) is 6.04 Å². The first-order valence-electron chi connectivity index (χ1n) is 4.74. The van der Waals surface area contributed by atoms with Crippen molar-refractivity contribution in [3.63, 3.8) is 0 Å². The summed E-state index contributed by atoms with van der Waals surface area (Å²) in [5.74, 6) is 0.881. The fourth-order valence-corrected chi connectivity index (χ4v) is 1.60. The van der Waals surface area contributed by atoms with Gasteiger partial charge in [0.2, 0.25) is 0 Å². The first-order valence-corrected chi connectivity index (χ1v) is 4.74. The molecule has 1 atom stereocenters. The van der Waals surface area contributed by atoms with Crippen LogP contribution in [0.15, 0.2) is 18.3 Å². The highest BCUT2D eigenvalue weighted by atomic mass is 16.5. The average Bonchev–Trinajstić information content (AvgIpc) is 2.30. The van der Waals surface area contributed by atoms with Gasteiger partial charge in [0, 0.05) is 19.3 Å². The highest BCUT2D eigenvalue weighted by Gasteiger charge is 2.22. The fourth-order valence-electron chi connectivity index (χ4n) is 1.60. The maximum absolute atomic E-state index is 5.66. The van der Waals surface area contributed by atoms with Gasteiger partial charge in [-0.15, -0.1) is 5.10 Å². The van der Waals surface area contributed by atoms with Crippen LogP contribution < -0.4 is 10.6 Å². The Bertz CT molecular complexity index is 279. The molecule has 1 fully saturated rings. The van der Waals surface area contributed by atoms with Crippen molar-refractivity contribution < 1.29 is 4.74 Å². The second-order valence-corrected chi connectivity index (χ2v) is 3.24. The zero-order chi connectivity index (χ0) is 9.80. The lowest BCUT2D eigenvalue weighted by molar-refractivity contribution is 0.0957. The molecule has 0 aliphatic carbocycles. The lowest BCUT2D eigenvalue weighted by Crippen LogP contribution is -2.49. The Hall–Kier alpha value is -1.20. The Morgan fingerprint density at radius 2 is 2.57 bits per heavy atom. The van der Waals surface area contributed by atoms with Gasteiger partial charge in [-0.05, 0) is 12.1 Å². The highest BCUT2D eigenvalue weighted by molar-refractivity contribution is 5.38. The molecule has 0 radical (unpaired) electrons. The lowest BCUT2D eigenvalue weighted by Gasteiger charge is -2.35. The van der Waals surface area contributed by atoms with Crippen LogP contribution in [0.5, 0.6) is 0 Å². The average molecular weight is 194 g/mol. The van der Waals surface area contributed by atoms with Crippen LogP contribution in [0.4, 0.5) is 5.82 Å². The van der Waals surface area contributed by atoms with E-state index in [0.29, 0.717) is 13.2 Å². The van der Waals surface area contributed by atoms with Gasteiger partial charge in [0.1, 0.15) is 0 Å². The smallest absolute Gasteiger partial charge is 0.151 e. The Balaban J connectivity index is 2.15. The summed E-state index contributed by atoms with van der Waals surface area (Å²) < 4.78 is 5.35. The topological polar surface area (TPSA) is 64.3 Å². The van der Waals surface area contributed by atoms with Gasteiger partial charge in [0.05, 0.1) is 19.3 Å². The number of nitrogens with zero attached hydrogens (tertiary/aromatic N) is 3. The molecule has 1 saturated heterocycles. The number of anilines is 1. The maximum atomic E-state index is 5.66. The molecule has 1 aliphatic heterocycles. The van der Waals surface area contributed by atoms with Gasteiger partial charge in [-0.2, -0.15) is 5.10 Å². The summed E-state index contributed by atoms with van der Waals surface area (Å²) in [5, 5.41) is 7.92. The normalized spacial score (nSPS) is 22.4. The predicted molar refractivity (Wildman–Crippen MR) is 53.0 cm³/mol. The number of nitrogens with two attached hydrogens (primary N) is 1. The summed E-state index contributed by atoms with van der Waals surface area (Å²) in [6.45, 7) is 2.82. The second-order valence-electron chi connectivity index (χ2n) is 3.24. The molecule has 0 amide bonds. The van der Waals surface area contributed by atoms with Crippen molar-refractivity contribution in [2.45, 2.75) is 6.04 Å². The molecular weight excluding hydrogens is 180 g/mol. The first-order chi connectivity index (χ1) is 6.92. The van der Waals surface area contributed by atoms with E-state index in [4.69, 9.17) is 10.5 Å². The van der Waals surface area contributed by atoms with Crippen LogP contribution >= 0.6 is 0 Å². The molecule has 5 nitrogen and oxygen atoms in total. The van der Waals surface area contributed by atoms with Crippen molar-refractivity contribution in [1.29, 1.82) is 0 Å². The number of hydrogen-bond donors (Lipinski definition) is 1. The summed E-state index contributed by atoms with van der Waals surface area (Å²) in [4.78, 5) is 2.15. The van der Waals surface area contributed by atoms with E-state index in [9.17, 15) is 0 Å². The Labute approximate surface area is 82.9 Å². The molecule has 2 N–H and O–H groups in total. The van der Waals surface area contributed by atoms with Crippen LogP contribution in [0.1, 0.15) is 0 Å². The third-order valence-corrected chi connectivity index (χ3v) is 2.35. The lowest BCUT2D eigenvalue weighted by atomic mass is 10.2. The van der Waals surface area contributed by atoms with Crippen molar-refractivity contribution >= 4 is 5.82 Å². The zero-order valence-electron chi connectivity index (χ0n) is 7.97. The molecule has 0 spiro atoms. The van der Waals surface area contributed by atoms with Gasteiger partial charge in [0.25, 0.3) is 0 Å². The monoisotopic (exact) mass is 194 g/mol. The quantitative estimate of drug-likeness (QED) is 0.696. The molecule has 0 saturated carbocycles. The van der Waals surface area contributed by atoms with Gasteiger partial charge < -0.3 is 15.4 Å². The minimum atomic E-state index is 0.223. The number of aromatic nitrogens is 2. The predicted octanol–water partition coefficient (Wildman–Crippen LogP) is -0.360. The van der Waals surface area contributed by atoms with Crippen molar-refractivity contribution in [2.75, 3.05) is 31.2 Å². The van der Waals surface area contributed by atoms with Crippen LogP contribution in [0.25, 0.3) is 0 Å². The van der Waals surface area contributed by atoms with Crippen LogP contribution in [0.3, 0.4) is 0 Å². The summed E-state index contributed by atoms with van der Waals surface area (Å²) in [6.07, 6.45) is 1.67. The highest BCUT2D eigenvalue weighted by Crippen LogP contribution is 2.14. The minimum absolute atomic E-state index is 0.223. The third-order valence-electron chi connectivity index (χ3n) is 2.35. The summed E-state index contributed by atoms with van der Waals surface area (Å²) in [6, 6.07) is 4.05. The minimum Gasteiger partial charge on any atom is -0.377 e. The van der Waals surface area contributed by atoms with E-state index in [1.165, 1.54) is 0 Å². The van der Waals surface area contributed by atoms with Crippen LogP contribution in [0, 0.1) is 0 Å². The molecule has 1 aliphatic rings. The Morgan fingerprint density at radius 3 is 3.29 bits per heavy atom. The molecule has 0 aromatic carbocycles. The SMILES string of the molecule is NCC1COCCN1c1cccnn1. The molecule has 76 valence electrons. The van der Waals surface area contributed by atoms with Crippen molar-refractivity contribution in [1.82, 2.24) is 10.2 Å². The van der Waals surface area contributed by atoms with Gasteiger partial charge in [-0.3, -0.25) is 0 Å². The number of rotatable bonds is 2. The molecule has 14 heavy (non-hydrogen) atoms. The summed E-state index contributed by atoms with van der Waals surface area (Å²) in [7, 11) is 0. The first kappa shape index (κ1) is 9.36. The van der Waals surface area contributed by atoms with Crippen LogP contribution in [-0.2, 0) is 4.74 Å². The van der Waals surface area contributed by atoms with Crippen LogP contribution in [0.2, 0.25) is 0 Å². The molecule has 2 rings (SSSR count). The van der Waals surface area contributed by atoms with Gasteiger partial charge in [-0.1, -0.05) is 0 Å². The van der Waals surface area contributed by atoms with E-state index in [0.717, 1.165) is 19.0 Å². The Kier molecular flexibility index (Phi) is 2.90. The largest absolute Gasteiger partial charge is 0.377 e. The maximum Gasteiger partial charge on any atom is 0.151 e. The Morgan fingerprint density at radius 1 is 1.64 bits per heavy atom. The molecule has 1 aromatic heterocycles. The standard InChI is InChI=1S/C9H14N4O/c10-6-8-7-14-5-4-13(8)9-2-1-3-11-12-9/h1-3,8H,4-7,10H2. The number of morpholine rings is 1. The zero-order valence-corrected chi connectivity index (χ0v) is 7.97. The van der Waals surface area contributed by atoms with Crippen LogP contribution in [-0.4, -0.2) is 42.5 Å². The van der Waals surface area contributed by atoms with Crippen molar-refractivity contribution in [3.8, 4) is 0 Å². The molecule has 0 bridgehead atoms. The van der Waals surface area contributed by atoms with E-state index in [2.05, 4.69) is 15.1 Å².